The molecule has 7 nitrogen and oxygen atoms in total. The van der Waals surface area contributed by atoms with Crippen LogP contribution in [0.25, 0.3) is 6.08 Å². The number of thiocarbonyl (C=S) groups is 1. The standard InChI is InChI=1S/C20H18N2O5S/c1-11-5-4-6-13(7-11)22-19(25)14(18(24)21-20(22)28)8-12-9-15(26-2)17(23)16(10-12)27-3/h4-10,23H,1-3H3,(H,21,24,28)/b14-8+. The number of hydrogen-bond acceptors (Lipinski definition) is 6. The molecule has 2 amide bonds. The van der Waals surface area contributed by atoms with E-state index in [-0.39, 0.29) is 27.9 Å². The number of rotatable bonds is 4. The number of aryl methyl sites for hydroxylation is 1. The van der Waals surface area contributed by atoms with E-state index in [4.69, 9.17) is 21.7 Å². The Morgan fingerprint density at radius 3 is 2.32 bits per heavy atom. The number of amides is 2. The first-order valence-corrected chi connectivity index (χ1v) is 8.69. The fourth-order valence-corrected chi connectivity index (χ4v) is 3.10. The van der Waals surface area contributed by atoms with Gasteiger partial charge in [-0.05, 0) is 60.6 Å². The van der Waals surface area contributed by atoms with Crippen molar-refractivity contribution in [1.29, 1.82) is 0 Å². The van der Waals surface area contributed by atoms with Crippen molar-refractivity contribution in [3.05, 3.63) is 53.1 Å². The second-order valence-corrected chi connectivity index (χ2v) is 6.46. The molecule has 8 heteroatoms. The van der Waals surface area contributed by atoms with Gasteiger partial charge in [0.2, 0.25) is 5.75 Å². The monoisotopic (exact) mass is 398 g/mol. The first-order valence-electron chi connectivity index (χ1n) is 8.28. The molecule has 0 spiro atoms. The van der Waals surface area contributed by atoms with Crippen LogP contribution >= 0.6 is 12.2 Å². The number of benzene rings is 2. The van der Waals surface area contributed by atoms with Gasteiger partial charge in [0.05, 0.1) is 19.9 Å². The summed E-state index contributed by atoms with van der Waals surface area (Å²) in [5.41, 5.74) is 1.84. The number of ether oxygens (including phenoxy) is 2. The van der Waals surface area contributed by atoms with Crippen LogP contribution in [0.2, 0.25) is 0 Å². The molecule has 1 aliphatic rings. The summed E-state index contributed by atoms with van der Waals surface area (Å²) in [5.74, 6) is -1.02. The van der Waals surface area contributed by atoms with E-state index in [1.54, 1.807) is 18.2 Å². The van der Waals surface area contributed by atoms with E-state index in [0.29, 0.717) is 11.3 Å². The number of methoxy groups -OCH3 is 2. The maximum absolute atomic E-state index is 13.0. The average Bonchev–Trinajstić information content (AvgIpc) is 2.66. The molecule has 0 unspecified atom stereocenters. The topological polar surface area (TPSA) is 88.1 Å². The van der Waals surface area contributed by atoms with E-state index in [1.807, 2.05) is 13.0 Å². The lowest BCUT2D eigenvalue weighted by atomic mass is 10.1. The van der Waals surface area contributed by atoms with Crippen LogP contribution in [0.5, 0.6) is 17.2 Å². The molecule has 28 heavy (non-hydrogen) atoms. The second-order valence-electron chi connectivity index (χ2n) is 6.07. The predicted octanol–water partition coefficient (Wildman–Crippen LogP) is 2.55. The van der Waals surface area contributed by atoms with Crippen LogP contribution < -0.4 is 19.7 Å². The minimum absolute atomic E-state index is 0.0126. The number of anilines is 1. The Labute approximate surface area is 167 Å². The molecule has 3 rings (SSSR count). The normalized spacial score (nSPS) is 15.6. The fourth-order valence-electron chi connectivity index (χ4n) is 2.82. The molecule has 0 radical (unpaired) electrons. The molecule has 1 heterocycles. The summed E-state index contributed by atoms with van der Waals surface area (Å²) in [4.78, 5) is 26.7. The molecule has 2 N–H and O–H groups in total. The SMILES string of the molecule is COc1cc(/C=C2\C(=O)NC(=S)N(c3cccc(C)c3)C2=O)cc(OC)c1O. The molecule has 144 valence electrons. The van der Waals surface area contributed by atoms with Gasteiger partial charge in [0.25, 0.3) is 11.8 Å². The van der Waals surface area contributed by atoms with Gasteiger partial charge in [-0.25, -0.2) is 0 Å². The zero-order valence-electron chi connectivity index (χ0n) is 15.5. The Kier molecular flexibility index (Phi) is 5.32. The lowest BCUT2D eigenvalue weighted by Gasteiger charge is -2.29. The molecule has 0 bridgehead atoms. The van der Waals surface area contributed by atoms with E-state index in [9.17, 15) is 14.7 Å². The highest BCUT2D eigenvalue weighted by atomic mass is 32.1. The molecular formula is C20H18N2O5S. The van der Waals surface area contributed by atoms with Crippen molar-refractivity contribution in [3.63, 3.8) is 0 Å². The van der Waals surface area contributed by atoms with Crippen molar-refractivity contribution in [2.24, 2.45) is 0 Å². The van der Waals surface area contributed by atoms with Crippen LogP contribution in [0, 0.1) is 6.92 Å². The summed E-state index contributed by atoms with van der Waals surface area (Å²) in [5, 5.41) is 12.6. The summed E-state index contributed by atoms with van der Waals surface area (Å²) in [7, 11) is 2.78. The van der Waals surface area contributed by atoms with Gasteiger partial charge in [-0.2, -0.15) is 0 Å². The summed E-state index contributed by atoms with van der Waals surface area (Å²) in [6.07, 6.45) is 1.40. The van der Waals surface area contributed by atoms with Crippen LogP contribution in [0.1, 0.15) is 11.1 Å². The van der Waals surface area contributed by atoms with Crippen molar-refractivity contribution in [3.8, 4) is 17.2 Å². The molecule has 0 aromatic heterocycles. The zero-order valence-corrected chi connectivity index (χ0v) is 16.3. The van der Waals surface area contributed by atoms with Gasteiger partial charge >= 0.3 is 0 Å². The summed E-state index contributed by atoms with van der Waals surface area (Å²) >= 11 is 5.19. The molecule has 1 saturated heterocycles. The molecule has 0 atom stereocenters. The summed E-state index contributed by atoms with van der Waals surface area (Å²) < 4.78 is 10.2. The number of phenols is 1. The first-order chi connectivity index (χ1) is 13.3. The highest BCUT2D eigenvalue weighted by Gasteiger charge is 2.34. The van der Waals surface area contributed by atoms with Crippen LogP contribution in [0.4, 0.5) is 5.69 Å². The maximum Gasteiger partial charge on any atom is 0.270 e. The number of nitrogens with one attached hydrogen (secondary N) is 1. The van der Waals surface area contributed by atoms with Crippen LogP contribution in [-0.2, 0) is 9.59 Å². The second kappa shape index (κ2) is 7.69. The van der Waals surface area contributed by atoms with Gasteiger partial charge in [0.1, 0.15) is 5.57 Å². The Bertz CT molecular complexity index is 990. The lowest BCUT2D eigenvalue weighted by Crippen LogP contribution is -2.54. The maximum atomic E-state index is 13.0. The van der Waals surface area contributed by atoms with Gasteiger partial charge in [0, 0.05) is 0 Å². The van der Waals surface area contributed by atoms with E-state index < -0.39 is 11.8 Å². The largest absolute Gasteiger partial charge is 0.502 e. The molecule has 0 saturated carbocycles. The van der Waals surface area contributed by atoms with Crippen molar-refractivity contribution < 1.29 is 24.2 Å². The Hall–Kier alpha value is -3.39. The zero-order chi connectivity index (χ0) is 20.4. The van der Waals surface area contributed by atoms with E-state index in [1.165, 1.54) is 37.3 Å². The molecule has 0 aliphatic carbocycles. The number of carbonyl (C=O) groups excluding carboxylic acids is 2. The Morgan fingerprint density at radius 1 is 1.11 bits per heavy atom. The van der Waals surface area contributed by atoms with Gasteiger partial charge in [-0.3, -0.25) is 19.8 Å². The predicted molar refractivity (Wildman–Crippen MR) is 109 cm³/mol. The number of hydrogen-bond donors (Lipinski definition) is 2. The van der Waals surface area contributed by atoms with Crippen LogP contribution in [-0.4, -0.2) is 36.3 Å². The molecule has 1 fully saturated rings. The third kappa shape index (κ3) is 3.54. The number of nitrogens with zero attached hydrogens (tertiary/aromatic N) is 1. The smallest absolute Gasteiger partial charge is 0.270 e. The van der Waals surface area contributed by atoms with Crippen molar-refractivity contribution in [1.82, 2.24) is 5.32 Å². The molecule has 2 aromatic rings. The summed E-state index contributed by atoms with van der Waals surface area (Å²) in [6, 6.07) is 10.2. The first kappa shape index (κ1) is 19.4. The van der Waals surface area contributed by atoms with Crippen LogP contribution in [0.15, 0.2) is 42.0 Å². The van der Waals surface area contributed by atoms with Gasteiger partial charge in [0.15, 0.2) is 16.6 Å². The molecular weight excluding hydrogens is 380 g/mol. The highest BCUT2D eigenvalue weighted by Crippen LogP contribution is 2.38. The number of carbonyl (C=O) groups is 2. The highest BCUT2D eigenvalue weighted by molar-refractivity contribution is 7.80. The average molecular weight is 398 g/mol. The van der Waals surface area contributed by atoms with Gasteiger partial charge in [-0.15, -0.1) is 0 Å². The summed E-state index contributed by atoms with van der Waals surface area (Å²) in [6.45, 7) is 1.89. The number of aromatic hydroxyl groups is 1. The third-order valence-electron chi connectivity index (χ3n) is 4.17. The minimum Gasteiger partial charge on any atom is -0.502 e. The van der Waals surface area contributed by atoms with Crippen molar-refractivity contribution in [2.45, 2.75) is 6.92 Å². The fraction of sp³-hybridized carbons (Fsp3) is 0.150. The van der Waals surface area contributed by atoms with E-state index in [2.05, 4.69) is 5.32 Å². The van der Waals surface area contributed by atoms with E-state index in [0.717, 1.165) is 5.56 Å². The van der Waals surface area contributed by atoms with Crippen molar-refractivity contribution >= 4 is 40.9 Å². The van der Waals surface area contributed by atoms with Gasteiger partial charge < -0.3 is 14.6 Å². The Balaban J connectivity index is 2.07. The van der Waals surface area contributed by atoms with Crippen LogP contribution in [0.3, 0.4) is 0 Å². The molecule has 2 aromatic carbocycles. The van der Waals surface area contributed by atoms with Crippen molar-refractivity contribution in [2.75, 3.05) is 19.1 Å². The molecule has 1 aliphatic heterocycles. The quantitative estimate of drug-likeness (QED) is 0.468. The van der Waals surface area contributed by atoms with E-state index >= 15 is 0 Å². The van der Waals surface area contributed by atoms with Gasteiger partial charge in [-0.1, -0.05) is 12.1 Å². The number of phenolic OH excluding ortho intramolecular Hbond substituents is 1. The third-order valence-corrected chi connectivity index (χ3v) is 4.46. The lowest BCUT2D eigenvalue weighted by molar-refractivity contribution is -0.122. The minimum atomic E-state index is -0.607. The Morgan fingerprint density at radius 2 is 1.75 bits per heavy atom.